The lowest BCUT2D eigenvalue weighted by molar-refractivity contribution is -0.129. The van der Waals surface area contributed by atoms with Crippen LogP contribution in [0.5, 0.6) is 11.5 Å². The lowest BCUT2D eigenvalue weighted by atomic mass is 9.79. The third-order valence-corrected chi connectivity index (χ3v) is 5.42. The Hall–Kier alpha value is -3.45. The minimum atomic E-state index is -1.45. The van der Waals surface area contributed by atoms with Crippen molar-refractivity contribution in [1.82, 2.24) is 9.88 Å². The molecule has 0 fully saturated rings. The van der Waals surface area contributed by atoms with Gasteiger partial charge in [-0.2, -0.15) is 0 Å². The Labute approximate surface area is 170 Å². The molecule has 1 unspecified atom stereocenters. The van der Waals surface area contributed by atoms with Crippen LogP contribution in [0.3, 0.4) is 0 Å². The first-order valence-corrected chi connectivity index (χ1v) is 9.15. The number of amides is 1. The standard InChI is InChI=1S/C21H14ClFN4O2/c1-27-19(28)21(26-20(27)24)14-4-2-3-5-17(14)29-18-8-16(23)13(7-15(18)21)11-6-12(22)10-25-9-11/h2-10H,1H3,(H2,24,26). The number of aromatic nitrogens is 1. The second-order valence-electron chi connectivity index (χ2n) is 6.86. The van der Waals surface area contributed by atoms with E-state index in [9.17, 15) is 9.18 Å². The van der Waals surface area contributed by atoms with Crippen LogP contribution in [-0.2, 0) is 10.3 Å². The summed E-state index contributed by atoms with van der Waals surface area (Å²) in [5, 5.41) is 0.370. The van der Waals surface area contributed by atoms with Crippen LogP contribution >= 0.6 is 11.6 Å². The maximum absolute atomic E-state index is 15.0. The molecule has 0 aliphatic carbocycles. The number of rotatable bonds is 1. The minimum absolute atomic E-state index is 0.0768. The Morgan fingerprint density at radius 1 is 1.14 bits per heavy atom. The highest BCUT2D eigenvalue weighted by Gasteiger charge is 2.54. The lowest BCUT2D eigenvalue weighted by Crippen LogP contribution is -2.42. The lowest BCUT2D eigenvalue weighted by Gasteiger charge is -2.33. The maximum atomic E-state index is 15.0. The number of nitrogens with zero attached hydrogens (tertiary/aromatic N) is 3. The average molecular weight is 409 g/mol. The highest BCUT2D eigenvalue weighted by Crippen LogP contribution is 2.52. The van der Waals surface area contributed by atoms with Crippen LogP contribution in [0, 0.1) is 5.82 Å². The zero-order chi connectivity index (χ0) is 20.3. The number of guanidine groups is 1. The van der Waals surface area contributed by atoms with Gasteiger partial charge in [0, 0.05) is 47.8 Å². The minimum Gasteiger partial charge on any atom is -0.456 e. The van der Waals surface area contributed by atoms with Crippen LogP contribution in [-0.4, -0.2) is 28.8 Å². The predicted molar refractivity (Wildman–Crippen MR) is 106 cm³/mol. The Balaban J connectivity index is 1.83. The smallest absolute Gasteiger partial charge is 0.266 e. The zero-order valence-electron chi connectivity index (χ0n) is 15.2. The molecule has 8 heteroatoms. The van der Waals surface area contributed by atoms with Gasteiger partial charge >= 0.3 is 0 Å². The first-order valence-electron chi connectivity index (χ1n) is 8.77. The topological polar surface area (TPSA) is 80.8 Å². The summed E-state index contributed by atoms with van der Waals surface area (Å²) in [6.07, 6.45) is 2.96. The first-order chi connectivity index (χ1) is 13.9. The van der Waals surface area contributed by atoms with Crippen molar-refractivity contribution < 1.29 is 13.9 Å². The van der Waals surface area contributed by atoms with E-state index in [0.29, 0.717) is 27.5 Å². The first kappa shape index (κ1) is 17.6. The number of hydrogen-bond donors (Lipinski definition) is 1. The molecule has 2 aromatic carbocycles. The number of pyridine rings is 1. The van der Waals surface area contributed by atoms with E-state index in [1.165, 1.54) is 23.4 Å². The van der Waals surface area contributed by atoms with E-state index in [4.69, 9.17) is 22.1 Å². The van der Waals surface area contributed by atoms with E-state index in [1.54, 1.807) is 43.4 Å². The summed E-state index contributed by atoms with van der Waals surface area (Å²) in [5.41, 5.74) is 6.22. The molecule has 144 valence electrons. The number of nitrogens with two attached hydrogens (primary N) is 1. The summed E-state index contributed by atoms with van der Waals surface area (Å²) in [4.78, 5) is 23.2. The van der Waals surface area contributed by atoms with Crippen LogP contribution < -0.4 is 10.5 Å². The third-order valence-electron chi connectivity index (χ3n) is 5.21. The second kappa shape index (κ2) is 6.02. The monoisotopic (exact) mass is 408 g/mol. The Bertz CT molecular complexity index is 1230. The quantitative estimate of drug-likeness (QED) is 0.666. The normalized spacial score (nSPS) is 19.6. The summed E-state index contributed by atoms with van der Waals surface area (Å²) < 4.78 is 20.9. The number of aliphatic imine (C=N–C) groups is 1. The van der Waals surface area contributed by atoms with E-state index in [1.807, 2.05) is 0 Å². The Kier molecular flexibility index (Phi) is 3.66. The number of ether oxygens (including phenoxy) is 1. The van der Waals surface area contributed by atoms with Crippen LogP contribution in [0.25, 0.3) is 11.1 Å². The Morgan fingerprint density at radius 2 is 1.93 bits per heavy atom. The molecule has 0 radical (unpaired) electrons. The van der Waals surface area contributed by atoms with Crippen molar-refractivity contribution in [2.24, 2.45) is 10.7 Å². The summed E-state index contributed by atoms with van der Waals surface area (Å²) >= 11 is 6.03. The van der Waals surface area contributed by atoms with E-state index in [0.717, 1.165) is 0 Å². The molecule has 3 heterocycles. The molecule has 1 aromatic heterocycles. The summed E-state index contributed by atoms with van der Waals surface area (Å²) in [5.74, 6) is -0.156. The molecule has 2 aliphatic heterocycles. The molecule has 0 saturated carbocycles. The fourth-order valence-corrected chi connectivity index (χ4v) is 3.99. The van der Waals surface area contributed by atoms with Crippen molar-refractivity contribution in [3.8, 4) is 22.6 Å². The third kappa shape index (κ3) is 2.37. The molecule has 1 amide bonds. The number of hydrogen-bond acceptors (Lipinski definition) is 5. The molecule has 1 spiro atoms. The van der Waals surface area contributed by atoms with E-state index in [-0.39, 0.29) is 23.2 Å². The summed E-state index contributed by atoms with van der Waals surface area (Å²) in [7, 11) is 1.55. The molecule has 1 atom stereocenters. The predicted octanol–water partition coefficient (Wildman–Crippen LogP) is 3.68. The molecule has 6 nitrogen and oxygen atoms in total. The summed E-state index contributed by atoms with van der Waals surface area (Å²) in [6, 6.07) is 11.4. The second-order valence-corrected chi connectivity index (χ2v) is 7.30. The molecule has 2 N–H and O–H groups in total. The molecule has 0 saturated heterocycles. The van der Waals surface area contributed by atoms with E-state index < -0.39 is 11.4 Å². The van der Waals surface area contributed by atoms with Gasteiger partial charge in [0.05, 0.1) is 5.02 Å². The van der Waals surface area contributed by atoms with Gasteiger partial charge in [0.15, 0.2) is 5.96 Å². The number of carbonyl (C=O) groups excluding carboxylic acids is 1. The molecule has 0 bridgehead atoms. The molecule has 2 aliphatic rings. The number of carbonyl (C=O) groups is 1. The van der Waals surface area contributed by atoms with Gasteiger partial charge < -0.3 is 10.5 Å². The average Bonchev–Trinajstić information content (AvgIpc) is 2.93. The van der Waals surface area contributed by atoms with E-state index in [2.05, 4.69) is 9.98 Å². The molecule has 29 heavy (non-hydrogen) atoms. The molecular formula is C21H14ClFN4O2. The highest BCUT2D eigenvalue weighted by atomic mass is 35.5. The van der Waals surface area contributed by atoms with Crippen LogP contribution in [0.15, 0.2) is 59.9 Å². The van der Waals surface area contributed by atoms with Crippen LogP contribution in [0.1, 0.15) is 11.1 Å². The number of para-hydroxylation sites is 1. The van der Waals surface area contributed by atoms with Gasteiger partial charge in [0.25, 0.3) is 5.91 Å². The van der Waals surface area contributed by atoms with Crippen molar-refractivity contribution in [3.05, 3.63) is 76.8 Å². The zero-order valence-corrected chi connectivity index (χ0v) is 15.9. The SMILES string of the molecule is CN1C(=O)C2(N=C1N)c1ccccc1Oc1cc(F)c(-c3cncc(Cl)c3)cc12. The van der Waals surface area contributed by atoms with Gasteiger partial charge in [0.1, 0.15) is 17.3 Å². The van der Waals surface area contributed by atoms with Crippen LogP contribution in [0.2, 0.25) is 5.02 Å². The van der Waals surface area contributed by atoms with Gasteiger partial charge in [0.2, 0.25) is 5.54 Å². The molecule has 5 rings (SSSR count). The van der Waals surface area contributed by atoms with Crippen molar-refractivity contribution in [2.75, 3.05) is 7.05 Å². The van der Waals surface area contributed by atoms with Crippen molar-refractivity contribution in [2.45, 2.75) is 5.54 Å². The van der Waals surface area contributed by atoms with Crippen molar-refractivity contribution in [3.63, 3.8) is 0 Å². The molecular weight excluding hydrogens is 395 g/mol. The van der Waals surface area contributed by atoms with Gasteiger partial charge in [-0.25, -0.2) is 9.38 Å². The van der Waals surface area contributed by atoms with Crippen molar-refractivity contribution >= 4 is 23.5 Å². The number of halogens is 2. The summed E-state index contributed by atoms with van der Waals surface area (Å²) in [6.45, 7) is 0. The van der Waals surface area contributed by atoms with Gasteiger partial charge in [-0.3, -0.25) is 14.7 Å². The number of likely N-dealkylation sites (N-methyl/N-ethyl adjacent to an activating group) is 1. The Morgan fingerprint density at radius 3 is 2.66 bits per heavy atom. The maximum Gasteiger partial charge on any atom is 0.266 e. The van der Waals surface area contributed by atoms with Gasteiger partial charge in [-0.1, -0.05) is 29.8 Å². The van der Waals surface area contributed by atoms with Gasteiger partial charge in [-0.05, 0) is 18.2 Å². The largest absolute Gasteiger partial charge is 0.456 e. The fraction of sp³-hybridized carbons (Fsp3) is 0.0952. The van der Waals surface area contributed by atoms with Crippen LogP contribution in [0.4, 0.5) is 4.39 Å². The highest BCUT2D eigenvalue weighted by molar-refractivity contribution is 6.30. The van der Waals surface area contributed by atoms with E-state index >= 15 is 0 Å². The number of fused-ring (bicyclic) bond motifs is 4. The van der Waals surface area contributed by atoms with Gasteiger partial charge in [-0.15, -0.1) is 0 Å². The fourth-order valence-electron chi connectivity index (χ4n) is 3.81. The number of benzene rings is 2. The molecule has 3 aromatic rings. The van der Waals surface area contributed by atoms with Crippen molar-refractivity contribution in [1.29, 1.82) is 0 Å².